The molecule has 1 aliphatic rings. The van der Waals surface area contributed by atoms with Crippen molar-refractivity contribution in [3.63, 3.8) is 0 Å². The Hall–Kier alpha value is -2.33. The fourth-order valence-corrected chi connectivity index (χ4v) is 3.05. The quantitative estimate of drug-likeness (QED) is 0.815. The first kappa shape index (κ1) is 17.5. The van der Waals surface area contributed by atoms with Gasteiger partial charge in [-0.1, -0.05) is 30.3 Å². The van der Waals surface area contributed by atoms with Crippen LogP contribution in [0.4, 0.5) is 0 Å². The zero-order valence-electron chi connectivity index (χ0n) is 15.0. The molecular formula is C21H26N2O2. The SMILES string of the molecule is Cc1ccccc1CC1(NC(=O)c2ccc(C)c(OCCN)c2)CC1. The molecule has 0 bridgehead atoms. The molecule has 2 aromatic carbocycles. The van der Waals surface area contributed by atoms with Crippen LogP contribution >= 0.6 is 0 Å². The Morgan fingerprint density at radius 3 is 2.60 bits per heavy atom. The molecule has 0 saturated heterocycles. The highest BCUT2D eigenvalue weighted by atomic mass is 16.5. The molecule has 0 unspecified atom stereocenters. The van der Waals surface area contributed by atoms with Crippen LogP contribution in [0.15, 0.2) is 42.5 Å². The Labute approximate surface area is 149 Å². The van der Waals surface area contributed by atoms with Crippen LogP contribution in [0, 0.1) is 13.8 Å². The third-order valence-corrected chi connectivity index (χ3v) is 4.85. The topological polar surface area (TPSA) is 64.3 Å². The molecule has 1 saturated carbocycles. The molecule has 3 rings (SSSR count). The number of hydrogen-bond acceptors (Lipinski definition) is 3. The second-order valence-corrected chi connectivity index (χ2v) is 6.96. The van der Waals surface area contributed by atoms with Gasteiger partial charge in [0.25, 0.3) is 5.91 Å². The Kier molecular flexibility index (Phi) is 5.09. The van der Waals surface area contributed by atoms with Gasteiger partial charge in [-0.3, -0.25) is 4.79 Å². The Balaban J connectivity index is 1.70. The molecule has 1 fully saturated rings. The number of rotatable bonds is 7. The lowest BCUT2D eigenvalue weighted by Crippen LogP contribution is -2.38. The zero-order valence-corrected chi connectivity index (χ0v) is 15.0. The van der Waals surface area contributed by atoms with Crippen molar-refractivity contribution in [3.8, 4) is 5.75 Å². The second kappa shape index (κ2) is 7.28. The van der Waals surface area contributed by atoms with Gasteiger partial charge in [-0.05, 0) is 61.9 Å². The van der Waals surface area contributed by atoms with Gasteiger partial charge in [-0.15, -0.1) is 0 Å². The molecule has 4 nitrogen and oxygen atoms in total. The number of carbonyl (C=O) groups is 1. The van der Waals surface area contributed by atoms with E-state index >= 15 is 0 Å². The van der Waals surface area contributed by atoms with E-state index in [4.69, 9.17) is 10.5 Å². The summed E-state index contributed by atoms with van der Waals surface area (Å²) in [6.45, 7) is 4.99. The summed E-state index contributed by atoms with van der Waals surface area (Å²) in [6.07, 6.45) is 2.93. The van der Waals surface area contributed by atoms with Crippen LogP contribution in [0.25, 0.3) is 0 Å². The maximum Gasteiger partial charge on any atom is 0.251 e. The summed E-state index contributed by atoms with van der Waals surface area (Å²) in [6, 6.07) is 13.9. The van der Waals surface area contributed by atoms with Crippen molar-refractivity contribution in [2.24, 2.45) is 5.73 Å². The monoisotopic (exact) mass is 338 g/mol. The van der Waals surface area contributed by atoms with E-state index in [0.717, 1.165) is 30.6 Å². The van der Waals surface area contributed by atoms with Crippen molar-refractivity contribution >= 4 is 5.91 Å². The first-order valence-electron chi connectivity index (χ1n) is 8.83. The van der Waals surface area contributed by atoms with E-state index in [1.54, 1.807) is 0 Å². The van der Waals surface area contributed by atoms with Crippen molar-refractivity contribution in [3.05, 3.63) is 64.7 Å². The van der Waals surface area contributed by atoms with Crippen molar-refractivity contribution in [1.29, 1.82) is 0 Å². The molecule has 0 heterocycles. The van der Waals surface area contributed by atoms with E-state index in [2.05, 4.69) is 30.4 Å². The molecule has 25 heavy (non-hydrogen) atoms. The lowest BCUT2D eigenvalue weighted by Gasteiger charge is -2.19. The predicted molar refractivity (Wildman–Crippen MR) is 100 cm³/mol. The number of aryl methyl sites for hydroxylation is 2. The summed E-state index contributed by atoms with van der Waals surface area (Å²) < 4.78 is 5.63. The summed E-state index contributed by atoms with van der Waals surface area (Å²) >= 11 is 0. The number of carbonyl (C=O) groups excluding carboxylic acids is 1. The summed E-state index contributed by atoms with van der Waals surface area (Å²) in [7, 11) is 0. The van der Waals surface area contributed by atoms with Gasteiger partial charge in [0.15, 0.2) is 0 Å². The average molecular weight is 338 g/mol. The number of hydrogen-bond donors (Lipinski definition) is 2. The van der Waals surface area contributed by atoms with Gasteiger partial charge >= 0.3 is 0 Å². The number of nitrogens with two attached hydrogens (primary N) is 1. The van der Waals surface area contributed by atoms with Gasteiger partial charge in [0, 0.05) is 17.6 Å². The summed E-state index contributed by atoms with van der Waals surface area (Å²) in [5.74, 6) is 0.686. The van der Waals surface area contributed by atoms with Crippen molar-refractivity contribution < 1.29 is 9.53 Å². The van der Waals surface area contributed by atoms with E-state index in [0.29, 0.717) is 18.7 Å². The summed E-state index contributed by atoms with van der Waals surface area (Å²) in [5.41, 5.74) is 9.61. The highest BCUT2D eigenvalue weighted by molar-refractivity contribution is 5.95. The number of amides is 1. The minimum atomic E-state index is -0.105. The summed E-state index contributed by atoms with van der Waals surface area (Å²) in [4.78, 5) is 12.7. The maximum absolute atomic E-state index is 12.7. The fraction of sp³-hybridized carbons (Fsp3) is 0.381. The van der Waals surface area contributed by atoms with Crippen LogP contribution in [0.1, 0.15) is 39.9 Å². The minimum absolute atomic E-state index is 0.0383. The van der Waals surface area contributed by atoms with Crippen LogP contribution in [0.3, 0.4) is 0 Å². The molecule has 0 aliphatic heterocycles. The number of benzene rings is 2. The molecule has 0 spiro atoms. The van der Waals surface area contributed by atoms with Gasteiger partial charge in [0.1, 0.15) is 12.4 Å². The largest absolute Gasteiger partial charge is 0.492 e. The lowest BCUT2D eigenvalue weighted by atomic mass is 9.99. The fourth-order valence-electron chi connectivity index (χ4n) is 3.05. The highest BCUT2D eigenvalue weighted by Gasteiger charge is 2.44. The van der Waals surface area contributed by atoms with Gasteiger partial charge in [-0.25, -0.2) is 0 Å². The number of ether oxygens (including phenoxy) is 1. The normalized spacial score (nSPS) is 14.8. The first-order chi connectivity index (χ1) is 12.0. The van der Waals surface area contributed by atoms with Gasteiger partial charge in [-0.2, -0.15) is 0 Å². The standard InChI is InChI=1S/C21H26N2O2/c1-15-5-3-4-6-18(15)14-21(9-10-21)23-20(24)17-8-7-16(2)19(13-17)25-12-11-22/h3-8,13H,9-12,14,22H2,1-2H3,(H,23,24). The van der Waals surface area contributed by atoms with Gasteiger partial charge in [0.05, 0.1) is 0 Å². The first-order valence-corrected chi connectivity index (χ1v) is 8.83. The molecular weight excluding hydrogens is 312 g/mol. The van der Waals surface area contributed by atoms with Crippen LogP contribution in [0.2, 0.25) is 0 Å². The third-order valence-electron chi connectivity index (χ3n) is 4.85. The molecule has 2 aromatic rings. The van der Waals surface area contributed by atoms with Gasteiger partial charge < -0.3 is 15.8 Å². The molecule has 4 heteroatoms. The molecule has 0 aromatic heterocycles. The molecule has 0 radical (unpaired) electrons. The molecule has 0 atom stereocenters. The third kappa shape index (κ3) is 4.20. The summed E-state index contributed by atoms with van der Waals surface area (Å²) in [5, 5.41) is 3.24. The van der Waals surface area contributed by atoms with Crippen molar-refractivity contribution in [1.82, 2.24) is 5.32 Å². The molecule has 1 aliphatic carbocycles. The van der Waals surface area contributed by atoms with Crippen LogP contribution in [-0.4, -0.2) is 24.6 Å². The van der Waals surface area contributed by atoms with E-state index in [1.807, 2.05) is 31.2 Å². The smallest absolute Gasteiger partial charge is 0.251 e. The minimum Gasteiger partial charge on any atom is -0.492 e. The van der Waals surface area contributed by atoms with E-state index < -0.39 is 0 Å². The maximum atomic E-state index is 12.7. The Morgan fingerprint density at radius 1 is 1.16 bits per heavy atom. The highest BCUT2D eigenvalue weighted by Crippen LogP contribution is 2.39. The van der Waals surface area contributed by atoms with Crippen molar-refractivity contribution in [2.45, 2.75) is 38.6 Å². The van der Waals surface area contributed by atoms with Crippen LogP contribution < -0.4 is 15.8 Å². The Morgan fingerprint density at radius 2 is 1.92 bits per heavy atom. The van der Waals surface area contributed by atoms with Crippen LogP contribution in [0.5, 0.6) is 5.75 Å². The van der Waals surface area contributed by atoms with Crippen LogP contribution in [-0.2, 0) is 6.42 Å². The van der Waals surface area contributed by atoms with Crippen molar-refractivity contribution in [2.75, 3.05) is 13.2 Å². The second-order valence-electron chi connectivity index (χ2n) is 6.96. The zero-order chi connectivity index (χ0) is 17.9. The van der Waals surface area contributed by atoms with Gasteiger partial charge in [0.2, 0.25) is 0 Å². The Bertz CT molecular complexity index is 766. The molecule has 3 N–H and O–H groups in total. The van der Waals surface area contributed by atoms with E-state index in [-0.39, 0.29) is 11.4 Å². The van der Waals surface area contributed by atoms with E-state index in [9.17, 15) is 4.79 Å². The predicted octanol–water partition coefficient (Wildman–Crippen LogP) is 3.15. The molecule has 132 valence electrons. The lowest BCUT2D eigenvalue weighted by molar-refractivity contribution is 0.0931. The molecule has 1 amide bonds. The van der Waals surface area contributed by atoms with E-state index in [1.165, 1.54) is 11.1 Å². The average Bonchev–Trinajstić information content (AvgIpc) is 3.35. The number of nitrogens with one attached hydrogen (secondary N) is 1.